The molecule has 1 aliphatic heterocycles. The Kier molecular flexibility index (Phi) is 3.12. The number of hydrogen-bond donors (Lipinski definition) is 1. The van der Waals surface area contributed by atoms with Crippen LogP contribution in [-0.2, 0) is 9.31 Å². The fourth-order valence-electron chi connectivity index (χ4n) is 1.81. The zero-order valence-corrected chi connectivity index (χ0v) is 11.6. The van der Waals surface area contributed by atoms with Gasteiger partial charge in [0, 0.05) is 16.2 Å². The normalized spacial score (nSPS) is 21.3. The molecule has 18 heavy (non-hydrogen) atoms. The zero-order valence-electron chi connectivity index (χ0n) is 10.9. The van der Waals surface area contributed by atoms with Gasteiger partial charge in [0.05, 0.1) is 11.2 Å². The Hall–Kier alpha value is -0.775. The molecular weight excluding hydrogens is 255 g/mol. The van der Waals surface area contributed by atoms with Gasteiger partial charge in [-0.1, -0.05) is 11.6 Å². The summed E-state index contributed by atoms with van der Waals surface area (Å²) in [5.74, 6) is -0.515. The van der Waals surface area contributed by atoms with Crippen molar-refractivity contribution in [3.8, 4) is 0 Å². The summed E-state index contributed by atoms with van der Waals surface area (Å²) >= 11 is 5.74. The van der Waals surface area contributed by atoms with Crippen LogP contribution in [0.2, 0.25) is 5.02 Å². The Bertz CT molecular complexity index is 454. The number of anilines is 1. The Labute approximate surface area is 112 Å². The third kappa shape index (κ3) is 2.11. The highest BCUT2D eigenvalue weighted by atomic mass is 35.5. The molecule has 2 N–H and O–H groups in total. The highest BCUT2D eigenvalue weighted by Gasteiger charge is 2.53. The molecule has 0 unspecified atom stereocenters. The quantitative estimate of drug-likeness (QED) is 0.630. The van der Waals surface area contributed by atoms with Crippen LogP contribution >= 0.6 is 11.6 Å². The van der Waals surface area contributed by atoms with Gasteiger partial charge < -0.3 is 15.0 Å². The molecule has 1 saturated heterocycles. The van der Waals surface area contributed by atoms with Gasteiger partial charge in [0.25, 0.3) is 0 Å². The molecule has 0 aromatic heterocycles. The van der Waals surface area contributed by atoms with Crippen molar-refractivity contribution in [2.45, 2.75) is 38.9 Å². The maximum Gasteiger partial charge on any atom is 0.499 e. The van der Waals surface area contributed by atoms with E-state index in [1.165, 1.54) is 12.1 Å². The second kappa shape index (κ2) is 4.12. The Morgan fingerprint density at radius 2 is 1.67 bits per heavy atom. The third-order valence-electron chi connectivity index (χ3n) is 3.62. The third-order valence-corrected chi connectivity index (χ3v) is 3.83. The van der Waals surface area contributed by atoms with Crippen LogP contribution in [0.1, 0.15) is 27.7 Å². The monoisotopic (exact) mass is 271 g/mol. The maximum atomic E-state index is 13.9. The molecule has 0 spiro atoms. The van der Waals surface area contributed by atoms with Crippen LogP contribution in [-0.4, -0.2) is 18.3 Å². The van der Waals surface area contributed by atoms with Gasteiger partial charge in [0.15, 0.2) is 0 Å². The van der Waals surface area contributed by atoms with Gasteiger partial charge in [0.1, 0.15) is 5.82 Å². The van der Waals surface area contributed by atoms with Crippen LogP contribution in [0.15, 0.2) is 12.1 Å². The highest BCUT2D eigenvalue weighted by Crippen LogP contribution is 2.37. The van der Waals surface area contributed by atoms with Gasteiger partial charge in [0.2, 0.25) is 0 Å². The van der Waals surface area contributed by atoms with Crippen LogP contribution in [0, 0.1) is 5.82 Å². The number of hydrogen-bond acceptors (Lipinski definition) is 3. The molecule has 0 bridgehead atoms. The molecule has 6 heteroatoms. The standard InChI is InChI=1S/C12H16BClFNO2/c1-11(2)12(3,4)18-13(17-11)10-8(15)5-7(14)6-9(10)16/h5-6H,16H2,1-4H3. The summed E-state index contributed by atoms with van der Waals surface area (Å²) in [5, 5.41) is 0.255. The highest BCUT2D eigenvalue weighted by molar-refractivity contribution is 6.64. The number of benzene rings is 1. The molecule has 1 aliphatic rings. The Morgan fingerprint density at radius 3 is 2.11 bits per heavy atom. The summed E-state index contributed by atoms with van der Waals surface area (Å²) in [6.45, 7) is 7.60. The van der Waals surface area contributed by atoms with Crippen molar-refractivity contribution in [1.82, 2.24) is 0 Å². The molecule has 1 heterocycles. The van der Waals surface area contributed by atoms with E-state index in [1.807, 2.05) is 27.7 Å². The van der Waals surface area contributed by atoms with Gasteiger partial charge in [-0.15, -0.1) is 0 Å². The molecule has 0 aliphatic carbocycles. The van der Waals surface area contributed by atoms with Gasteiger partial charge in [-0.3, -0.25) is 0 Å². The first kappa shape index (κ1) is 13.7. The SMILES string of the molecule is CC1(C)OB(c2c(N)cc(Cl)cc2F)OC1(C)C. The molecule has 0 radical (unpaired) electrons. The molecule has 1 fully saturated rings. The minimum Gasteiger partial charge on any atom is -0.399 e. The van der Waals surface area contributed by atoms with Crippen molar-refractivity contribution in [3.05, 3.63) is 23.0 Å². The van der Waals surface area contributed by atoms with Gasteiger partial charge in [-0.25, -0.2) is 4.39 Å². The second-order valence-corrected chi connectivity index (χ2v) is 5.92. The summed E-state index contributed by atoms with van der Waals surface area (Å²) in [6, 6.07) is 2.70. The van der Waals surface area contributed by atoms with Crippen molar-refractivity contribution < 1.29 is 13.7 Å². The molecule has 1 aromatic rings. The van der Waals surface area contributed by atoms with Gasteiger partial charge in [-0.2, -0.15) is 0 Å². The van der Waals surface area contributed by atoms with E-state index in [0.717, 1.165) is 0 Å². The Balaban J connectivity index is 2.42. The average Bonchev–Trinajstić information content (AvgIpc) is 2.32. The number of nitrogen functional groups attached to an aromatic ring is 1. The van der Waals surface area contributed by atoms with Crippen LogP contribution in [0.5, 0.6) is 0 Å². The second-order valence-electron chi connectivity index (χ2n) is 5.48. The molecule has 2 rings (SSSR count). The molecule has 0 atom stereocenters. The summed E-state index contributed by atoms with van der Waals surface area (Å²) in [4.78, 5) is 0. The first-order chi connectivity index (χ1) is 8.14. The lowest BCUT2D eigenvalue weighted by molar-refractivity contribution is 0.00578. The van der Waals surface area contributed by atoms with Crippen LogP contribution in [0.3, 0.4) is 0 Å². The van der Waals surface area contributed by atoms with Crippen LogP contribution in [0.25, 0.3) is 0 Å². The lowest BCUT2D eigenvalue weighted by atomic mass is 9.77. The summed E-state index contributed by atoms with van der Waals surface area (Å²) in [6.07, 6.45) is 0. The molecule has 0 amide bonds. The van der Waals surface area contributed by atoms with Crippen LogP contribution < -0.4 is 11.2 Å². The lowest BCUT2D eigenvalue weighted by Crippen LogP contribution is -2.41. The van der Waals surface area contributed by atoms with E-state index in [0.29, 0.717) is 0 Å². The number of rotatable bonds is 1. The smallest absolute Gasteiger partial charge is 0.399 e. The van der Waals surface area contributed by atoms with E-state index >= 15 is 0 Å². The van der Waals surface area contributed by atoms with Crippen molar-refractivity contribution >= 4 is 29.9 Å². The molecule has 1 aromatic carbocycles. The average molecular weight is 272 g/mol. The van der Waals surface area contributed by atoms with Crippen molar-refractivity contribution in [2.75, 3.05) is 5.73 Å². The number of halogens is 2. The largest absolute Gasteiger partial charge is 0.499 e. The van der Waals surface area contributed by atoms with E-state index in [4.69, 9.17) is 26.6 Å². The first-order valence-electron chi connectivity index (χ1n) is 5.74. The minimum atomic E-state index is -0.813. The predicted molar refractivity (Wildman–Crippen MR) is 71.5 cm³/mol. The minimum absolute atomic E-state index is 0.207. The van der Waals surface area contributed by atoms with E-state index in [-0.39, 0.29) is 16.2 Å². The summed E-state index contributed by atoms with van der Waals surface area (Å²) < 4.78 is 25.5. The van der Waals surface area contributed by atoms with Gasteiger partial charge in [-0.05, 0) is 39.8 Å². The molecule has 98 valence electrons. The lowest BCUT2D eigenvalue weighted by Gasteiger charge is -2.32. The topological polar surface area (TPSA) is 44.5 Å². The van der Waals surface area contributed by atoms with Crippen molar-refractivity contribution in [1.29, 1.82) is 0 Å². The number of nitrogens with two attached hydrogens (primary N) is 1. The molecular formula is C12H16BClFNO2. The van der Waals surface area contributed by atoms with E-state index in [2.05, 4.69) is 0 Å². The van der Waals surface area contributed by atoms with Crippen LogP contribution in [0.4, 0.5) is 10.1 Å². The summed E-state index contributed by atoms with van der Waals surface area (Å²) in [7, 11) is -0.813. The fraction of sp³-hybridized carbons (Fsp3) is 0.500. The zero-order chi connectivity index (χ0) is 13.7. The van der Waals surface area contributed by atoms with Crippen molar-refractivity contribution in [2.24, 2.45) is 0 Å². The maximum absolute atomic E-state index is 13.9. The molecule has 0 saturated carbocycles. The Morgan fingerprint density at radius 1 is 1.17 bits per heavy atom. The summed E-state index contributed by atoms with van der Waals surface area (Å²) in [5.41, 5.74) is 5.17. The van der Waals surface area contributed by atoms with Crippen molar-refractivity contribution in [3.63, 3.8) is 0 Å². The van der Waals surface area contributed by atoms with E-state index in [9.17, 15) is 4.39 Å². The fourth-order valence-corrected chi connectivity index (χ4v) is 2.03. The molecule has 3 nitrogen and oxygen atoms in total. The van der Waals surface area contributed by atoms with E-state index in [1.54, 1.807) is 0 Å². The van der Waals surface area contributed by atoms with Gasteiger partial charge >= 0.3 is 7.12 Å². The first-order valence-corrected chi connectivity index (χ1v) is 6.12. The predicted octanol–water partition coefficient (Wildman–Crippen LogP) is 2.36. The van der Waals surface area contributed by atoms with E-state index < -0.39 is 24.1 Å².